The minimum atomic E-state index is -4.41. The number of benzene rings is 1. The molecule has 1 aliphatic carbocycles. The fourth-order valence-corrected chi connectivity index (χ4v) is 2.23. The molecular formula is C15H14F3N3O. The monoisotopic (exact) mass is 309 g/mol. The third kappa shape index (κ3) is 3.47. The summed E-state index contributed by atoms with van der Waals surface area (Å²) in [5, 5.41) is 9.42. The van der Waals surface area contributed by atoms with E-state index in [1.807, 2.05) is 0 Å². The van der Waals surface area contributed by atoms with Gasteiger partial charge in [-0.15, -0.1) is 0 Å². The number of hydrogen-bond acceptors (Lipinski definition) is 2. The average Bonchev–Trinajstić information content (AvgIpc) is 3.19. The zero-order valence-corrected chi connectivity index (χ0v) is 11.6. The zero-order valence-electron chi connectivity index (χ0n) is 11.6. The van der Waals surface area contributed by atoms with Crippen molar-refractivity contribution >= 4 is 11.7 Å². The van der Waals surface area contributed by atoms with Crippen molar-refractivity contribution < 1.29 is 18.0 Å². The van der Waals surface area contributed by atoms with Crippen LogP contribution in [0.4, 0.5) is 19.0 Å². The quantitative estimate of drug-likeness (QED) is 0.908. The number of carbonyl (C=O) groups excluding carboxylic acids is 1. The van der Waals surface area contributed by atoms with Crippen LogP contribution in [0.5, 0.6) is 0 Å². The molecule has 0 bridgehead atoms. The van der Waals surface area contributed by atoms with Gasteiger partial charge >= 0.3 is 6.18 Å². The molecule has 1 saturated carbocycles. The number of nitrogens with zero attached hydrogens (tertiary/aromatic N) is 1. The van der Waals surface area contributed by atoms with Gasteiger partial charge in [0.05, 0.1) is 12.0 Å². The van der Waals surface area contributed by atoms with Crippen molar-refractivity contribution in [3.8, 4) is 0 Å². The van der Waals surface area contributed by atoms with Gasteiger partial charge in [0, 0.05) is 17.7 Å². The van der Waals surface area contributed by atoms with Crippen LogP contribution in [0.15, 0.2) is 30.3 Å². The number of aromatic nitrogens is 2. The van der Waals surface area contributed by atoms with Crippen molar-refractivity contribution in [3.63, 3.8) is 0 Å². The third-order valence-electron chi connectivity index (χ3n) is 3.50. The molecule has 0 unspecified atom stereocenters. The highest BCUT2D eigenvalue weighted by Crippen LogP contribution is 2.39. The van der Waals surface area contributed by atoms with Gasteiger partial charge in [-0.2, -0.15) is 18.3 Å². The lowest BCUT2D eigenvalue weighted by Crippen LogP contribution is -2.15. The highest BCUT2D eigenvalue weighted by atomic mass is 19.4. The molecule has 0 aliphatic heterocycles. The van der Waals surface area contributed by atoms with Crippen molar-refractivity contribution in [1.82, 2.24) is 10.2 Å². The summed E-state index contributed by atoms with van der Waals surface area (Å²) in [6.07, 6.45) is -2.32. The molecule has 0 saturated heterocycles. The van der Waals surface area contributed by atoms with Crippen molar-refractivity contribution in [2.24, 2.45) is 0 Å². The summed E-state index contributed by atoms with van der Waals surface area (Å²) in [5.41, 5.74) is 0.535. The Balaban J connectivity index is 1.63. The molecule has 1 amide bonds. The normalized spacial score (nSPS) is 14.9. The van der Waals surface area contributed by atoms with E-state index in [0.29, 0.717) is 17.3 Å². The van der Waals surface area contributed by atoms with Gasteiger partial charge in [0.25, 0.3) is 0 Å². The number of nitrogens with one attached hydrogen (secondary N) is 2. The van der Waals surface area contributed by atoms with E-state index < -0.39 is 17.6 Å². The molecule has 1 heterocycles. The van der Waals surface area contributed by atoms with Crippen LogP contribution in [0.2, 0.25) is 0 Å². The lowest BCUT2D eigenvalue weighted by molar-refractivity contribution is -0.137. The summed E-state index contributed by atoms with van der Waals surface area (Å²) in [5.74, 6) is 0.494. The molecule has 4 nitrogen and oxygen atoms in total. The maximum Gasteiger partial charge on any atom is 0.416 e. The first-order valence-electron chi connectivity index (χ1n) is 6.93. The molecule has 22 heavy (non-hydrogen) atoms. The molecule has 1 fully saturated rings. The Morgan fingerprint density at radius 1 is 1.32 bits per heavy atom. The van der Waals surface area contributed by atoms with Crippen LogP contribution in [0, 0.1) is 0 Å². The fraction of sp³-hybridized carbons (Fsp3) is 0.333. The SMILES string of the molecule is O=C(Cc1cccc(C(F)(F)F)c1)Nc1cc(C2CC2)[nH]n1. The van der Waals surface area contributed by atoms with Crippen LogP contribution in [-0.4, -0.2) is 16.1 Å². The second kappa shape index (κ2) is 5.47. The second-order valence-electron chi connectivity index (χ2n) is 5.41. The Labute approximate surface area is 124 Å². The first kappa shape index (κ1) is 14.6. The molecule has 0 atom stereocenters. The molecular weight excluding hydrogens is 295 g/mol. The van der Waals surface area contributed by atoms with Crippen LogP contribution in [0.1, 0.15) is 35.6 Å². The van der Waals surface area contributed by atoms with Crippen molar-refractivity contribution in [2.75, 3.05) is 5.32 Å². The molecule has 0 spiro atoms. The van der Waals surface area contributed by atoms with Gasteiger partial charge in [0.2, 0.25) is 5.91 Å². The lowest BCUT2D eigenvalue weighted by Gasteiger charge is -2.08. The molecule has 1 aliphatic rings. The number of amides is 1. The van der Waals surface area contributed by atoms with Gasteiger partial charge in [-0.1, -0.05) is 18.2 Å². The third-order valence-corrected chi connectivity index (χ3v) is 3.50. The Morgan fingerprint density at radius 3 is 2.77 bits per heavy atom. The predicted octanol–water partition coefficient (Wildman–Crippen LogP) is 3.49. The predicted molar refractivity (Wildman–Crippen MR) is 74.3 cm³/mol. The number of anilines is 1. The van der Waals surface area contributed by atoms with Crippen LogP contribution in [0.25, 0.3) is 0 Å². The zero-order chi connectivity index (χ0) is 15.7. The molecule has 3 rings (SSSR count). The number of rotatable bonds is 4. The summed E-state index contributed by atoms with van der Waals surface area (Å²) in [6.45, 7) is 0. The van der Waals surface area contributed by atoms with E-state index in [4.69, 9.17) is 0 Å². The minimum Gasteiger partial charge on any atom is -0.309 e. The first-order valence-corrected chi connectivity index (χ1v) is 6.93. The van der Waals surface area contributed by atoms with E-state index in [1.165, 1.54) is 12.1 Å². The smallest absolute Gasteiger partial charge is 0.309 e. The maximum absolute atomic E-state index is 12.6. The molecule has 1 aromatic carbocycles. The van der Waals surface area contributed by atoms with Gasteiger partial charge in [0.15, 0.2) is 5.82 Å². The van der Waals surface area contributed by atoms with Gasteiger partial charge in [-0.25, -0.2) is 0 Å². The topological polar surface area (TPSA) is 57.8 Å². The van der Waals surface area contributed by atoms with Crippen LogP contribution in [-0.2, 0) is 17.4 Å². The average molecular weight is 309 g/mol. The van der Waals surface area contributed by atoms with Gasteiger partial charge < -0.3 is 5.32 Å². The fourth-order valence-electron chi connectivity index (χ4n) is 2.23. The number of hydrogen-bond donors (Lipinski definition) is 2. The van der Waals surface area contributed by atoms with Gasteiger partial charge in [0.1, 0.15) is 0 Å². The van der Waals surface area contributed by atoms with Crippen molar-refractivity contribution in [3.05, 3.63) is 47.2 Å². The van der Waals surface area contributed by atoms with Gasteiger partial charge in [-0.05, 0) is 24.5 Å². The summed E-state index contributed by atoms with van der Waals surface area (Å²) in [7, 11) is 0. The Hall–Kier alpha value is -2.31. The first-order chi connectivity index (χ1) is 10.4. The largest absolute Gasteiger partial charge is 0.416 e. The second-order valence-corrected chi connectivity index (χ2v) is 5.41. The summed E-state index contributed by atoms with van der Waals surface area (Å²) in [6, 6.07) is 6.53. The molecule has 7 heteroatoms. The highest BCUT2D eigenvalue weighted by Gasteiger charge is 2.30. The standard InChI is InChI=1S/C15H14F3N3O/c16-15(17,18)11-3-1-2-9(6-11)7-14(22)19-13-8-12(20-21-13)10-4-5-10/h1-3,6,8,10H,4-5,7H2,(H2,19,20,21,22). The highest BCUT2D eigenvalue weighted by molar-refractivity contribution is 5.91. The van der Waals surface area contributed by atoms with E-state index in [9.17, 15) is 18.0 Å². The van der Waals surface area contributed by atoms with Crippen molar-refractivity contribution in [1.29, 1.82) is 0 Å². The Bertz CT molecular complexity index is 689. The Morgan fingerprint density at radius 2 is 2.09 bits per heavy atom. The van der Waals surface area contributed by atoms with Gasteiger partial charge in [-0.3, -0.25) is 9.89 Å². The maximum atomic E-state index is 12.6. The van der Waals surface area contributed by atoms with E-state index in [2.05, 4.69) is 15.5 Å². The van der Waals surface area contributed by atoms with Crippen molar-refractivity contribution in [2.45, 2.75) is 31.4 Å². The van der Waals surface area contributed by atoms with Crippen LogP contribution in [0.3, 0.4) is 0 Å². The van der Waals surface area contributed by atoms with E-state index in [0.717, 1.165) is 30.7 Å². The number of aromatic amines is 1. The minimum absolute atomic E-state index is 0.129. The molecule has 116 valence electrons. The Kier molecular flexibility index (Phi) is 3.64. The number of H-pyrrole nitrogens is 1. The molecule has 0 radical (unpaired) electrons. The molecule has 2 N–H and O–H groups in total. The van der Waals surface area contributed by atoms with Crippen LogP contribution >= 0.6 is 0 Å². The number of halogens is 3. The summed E-state index contributed by atoms with van der Waals surface area (Å²) < 4.78 is 37.9. The molecule has 2 aromatic rings. The lowest BCUT2D eigenvalue weighted by atomic mass is 10.1. The number of alkyl halides is 3. The number of carbonyl (C=O) groups is 1. The van der Waals surface area contributed by atoms with E-state index in [-0.39, 0.29) is 6.42 Å². The molecule has 1 aromatic heterocycles. The van der Waals surface area contributed by atoms with E-state index in [1.54, 1.807) is 6.07 Å². The van der Waals surface area contributed by atoms with E-state index >= 15 is 0 Å². The summed E-state index contributed by atoms with van der Waals surface area (Å²) in [4.78, 5) is 11.9. The summed E-state index contributed by atoms with van der Waals surface area (Å²) >= 11 is 0. The van der Waals surface area contributed by atoms with Crippen LogP contribution < -0.4 is 5.32 Å².